The normalized spacial score (nSPS) is 22.2. The van der Waals surface area contributed by atoms with E-state index in [1.165, 1.54) is 0 Å². The minimum absolute atomic E-state index is 0.0680. The van der Waals surface area contributed by atoms with Crippen molar-refractivity contribution in [3.05, 3.63) is 0 Å². The fourth-order valence-corrected chi connectivity index (χ4v) is 0.963. The molecule has 1 unspecified atom stereocenters. The Morgan fingerprint density at radius 2 is 2.00 bits per heavy atom. The van der Waals surface area contributed by atoms with Crippen LogP contribution < -0.4 is 5.32 Å². The van der Waals surface area contributed by atoms with Gasteiger partial charge in [-0.3, -0.25) is 4.79 Å². The number of aliphatic hydroxyl groups is 1. The highest BCUT2D eigenvalue weighted by atomic mass is 16.3. The maximum atomic E-state index is 11.6. The van der Waals surface area contributed by atoms with E-state index in [1.54, 1.807) is 6.92 Å². The Hall–Kier alpha value is -0.570. The van der Waals surface area contributed by atoms with Crippen LogP contribution in [0.4, 0.5) is 0 Å². The van der Waals surface area contributed by atoms with Crippen molar-refractivity contribution in [3.63, 3.8) is 0 Å². The maximum Gasteiger partial charge on any atom is 0.226 e. The molecule has 1 aliphatic rings. The summed E-state index contributed by atoms with van der Waals surface area (Å²) >= 11 is 0. The van der Waals surface area contributed by atoms with Crippen LogP contribution in [0.5, 0.6) is 0 Å². The minimum atomic E-state index is -0.529. The third kappa shape index (κ3) is 2.21. The predicted molar refractivity (Wildman–Crippen MR) is 51.2 cm³/mol. The van der Waals surface area contributed by atoms with Gasteiger partial charge < -0.3 is 10.4 Å². The first-order valence-electron chi connectivity index (χ1n) is 4.79. The van der Waals surface area contributed by atoms with Gasteiger partial charge in [0.05, 0.1) is 11.6 Å². The summed E-state index contributed by atoms with van der Waals surface area (Å²) in [6.45, 7) is 7.32. The number of amides is 1. The summed E-state index contributed by atoms with van der Waals surface area (Å²) < 4.78 is 0. The topological polar surface area (TPSA) is 49.3 Å². The molecule has 1 rings (SSSR count). The molecule has 1 amide bonds. The van der Waals surface area contributed by atoms with Crippen molar-refractivity contribution in [2.24, 2.45) is 5.41 Å². The quantitative estimate of drug-likeness (QED) is 0.690. The van der Waals surface area contributed by atoms with E-state index in [2.05, 4.69) is 5.32 Å². The molecule has 1 saturated carbocycles. The molecule has 0 aromatic heterocycles. The van der Waals surface area contributed by atoms with Crippen molar-refractivity contribution >= 4 is 5.91 Å². The van der Waals surface area contributed by atoms with Crippen LogP contribution in [0.1, 0.15) is 40.5 Å². The lowest BCUT2D eigenvalue weighted by Gasteiger charge is -2.30. The lowest BCUT2D eigenvalue weighted by Crippen LogP contribution is -2.52. The Kier molecular flexibility index (Phi) is 2.41. The van der Waals surface area contributed by atoms with Gasteiger partial charge in [0.15, 0.2) is 0 Å². The average molecular weight is 185 g/mol. The smallest absolute Gasteiger partial charge is 0.226 e. The van der Waals surface area contributed by atoms with E-state index in [9.17, 15) is 9.90 Å². The van der Waals surface area contributed by atoms with E-state index < -0.39 is 11.6 Å². The second-order valence-corrected chi connectivity index (χ2v) is 4.91. The van der Waals surface area contributed by atoms with E-state index in [4.69, 9.17) is 0 Å². The summed E-state index contributed by atoms with van der Waals surface area (Å²) in [7, 11) is 0. The largest absolute Gasteiger partial charge is 0.391 e. The molecule has 3 heteroatoms. The maximum absolute atomic E-state index is 11.6. The van der Waals surface area contributed by atoms with Gasteiger partial charge >= 0.3 is 0 Å². The molecule has 0 saturated heterocycles. The lowest BCUT2D eigenvalue weighted by atomic mass is 9.97. The molecule has 1 aliphatic carbocycles. The Morgan fingerprint density at radius 1 is 1.54 bits per heavy atom. The Balaban J connectivity index is 2.53. The van der Waals surface area contributed by atoms with Crippen LogP contribution in [-0.4, -0.2) is 22.7 Å². The molecule has 13 heavy (non-hydrogen) atoms. The van der Waals surface area contributed by atoms with Crippen LogP contribution in [0, 0.1) is 5.41 Å². The highest BCUT2D eigenvalue weighted by Gasteiger charge is 2.46. The summed E-state index contributed by atoms with van der Waals surface area (Å²) in [5.74, 6) is 0.0680. The van der Waals surface area contributed by atoms with Crippen molar-refractivity contribution in [2.75, 3.05) is 0 Å². The van der Waals surface area contributed by atoms with Crippen molar-refractivity contribution < 1.29 is 9.90 Å². The number of rotatable bonds is 3. The van der Waals surface area contributed by atoms with E-state index in [-0.39, 0.29) is 11.3 Å². The van der Waals surface area contributed by atoms with Crippen molar-refractivity contribution in [2.45, 2.75) is 52.2 Å². The molecule has 0 bridgehead atoms. The monoisotopic (exact) mass is 185 g/mol. The van der Waals surface area contributed by atoms with Gasteiger partial charge in [0.1, 0.15) is 0 Å². The predicted octanol–water partition coefficient (Wildman–Crippen LogP) is 1.06. The number of aliphatic hydroxyl groups excluding tert-OH is 1. The standard InChI is InChI=1S/C10H19NO2/c1-7(12)9(2,3)11-8(13)10(4)5-6-10/h7,12H,5-6H2,1-4H3,(H,11,13). The van der Waals surface area contributed by atoms with E-state index in [1.807, 2.05) is 20.8 Å². The van der Waals surface area contributed by atoms with Gasteiger partial charge in [-0.1, -0.05) is 6.92 Å². The third-order valence-electron chi connectivity index (χ3n) is 3.03. The molecule has 0 aromatic rings. The lowest BCUT2D eigenvalue weighted by molar-refractivity contribution is -0.128. The van der Waals surface area contributed by atoms with Crippen LogP contribution in [0.2, 0.25) is 0 Å². The number of hydrogen-bond acceptors (Lipinski definition) is 2. The van der Waals surface area contributed by atoms with Gasteiger partial charge in [0, 0.05) is 5.41 Å². The highest BCUT2D eigenvalue weighted by Crippen LogP contribution is 2.45. The zero-order chi connectivity index (χ0) is 10.3. The molecule has 3 nitrogen and oxygen atoms in total. The van der Waals surface area contributed by atoms with E-state index in [0.717, 1.165) is 12.8 Å². The summed E-state index contributed by atoms with van der Waals surface area (Å²) in [5, 5.41) is 12.3. The Labute approximate surface area is 79.5 Å². The second kappa shape index (κ2) is 2.98. The first kappa shape index (κ1) is 10.5. The highest BCUT2D eigenvalue weighted by molar-refractivity contribution is 5.85. The molecule has 1 atom stereocenters. The van der Waals surface area contributed by atoms with Crippen LogP contribution in [0.3, 0.4) is 0 Å². The first-order valence-corrected chi connectivity index (χ1v) is 4.79. The van der Waals surface area contributed by atoms with Crippen LogP contribution in [0.15, 0.2) is 0 Å². The summed E-state index contributed by atoms with van der Waals surface area (Å²) in [6, 6.07) is 0. The first-order chi connectivity index (χ1) is 5.78. The molecule has 1 fully saturated rings. The van der Waals surface area contributed by atoms with Crippen molar-refractivity contribution in [3.8, 4) is 0 Å². The average Bonchev–Trinajstić information content (AvgIpc) is 2.68. The molecule has 0 spiro atoms. The Morgan fingerprint density at radius 3 is 2.31 bits per heavy atom. The fraction of sp³-hybridized carbons (Fsp3) is 0.900. The molecule has 0 aromatic carbocycles. The number of carbonyl (C=O) groups is 1. The van der Waals surface area contributed by atoms with Gasteiger partial charge in [-0.2, -0.15) is 0 Å². The number of nitrogens with one attached hydrogen (secondary N) is 1. The summed E-state index contributed by atoms with van der Waals surface area (Å²) in [5.41, 5.74) is -0.686. The van der Waals surface area contributed by atoms with E-state index in [0.29, 0.717) is 0 Å². The molecular formula is C10H19NO2. The molecule has 0 heterocycles. The van der Waals surface area contributed by atoms with E-state index >= 15 is 0 Å². The van der Waals surface area contributed by atoms with Crippen LogP contribution in [0.25, 0.3) is 0 Å². The molecule has 0 aliphatic heterocycles. The number of hydrogen-bond donors (Lipinski definition) is 2. The Bertz CT molecular complexity index is 217. The van der Waals surface area contributed by atoms with Gasteiger partial charge in [0.2, 0.25) is 5.91 Å². The van der Waals surface area contributed by atoms with Gasteiger partial charge in [-0.15, -0.1) is 0 Å². The van der Waals surface area contributed by atoms with Crippen LogP contribution in [-0.2, 0) is 4.79 Å². The zero-order valence-corrected chi connectivity index (χ0v) is 8.85. The molecule has 2 N–H and O–H groups in total. The van der Waals surface area contributed by atoms with Crippen LogP contribution >= 0.6 is 0 Å². The molecular weight excluding hydrogens is 166 g/mol. The zero-order valence-electron chi connectivity index (χ0n) is 8.85. The fourth-order valence-electron chi connectivity index (χ4n) is 0.963. The summed E-state index contributed by atoms with van der Waals surface area (Å²) in [6.07, 6.45) is 1.41. The van der Waals surface area contributed by atoms with Crippen molar-refractivity contribution in [1.29, 1.82) is 0 Å². The summed E-state index contributed by atoms with van der Waals surface area (Å²) in [4.78, 5) is 11.6. The molecule has 76 valence electrons. The van der Waals surface area contributed by atoms with Crippen molar-refractivity contribution in [1.82, 2.24) is 5.32 Å². The minimum Gasteiger partial charge on any atom is -0.391 e. The van der Waals surface area contributed by atoms with Gasteiger partial charge in [-0.25, -0.2) is 0 Å². The van der Waals surface area contributed by atoms with Gasteiger partial charge in [-0.05, 0) is 33.6 Å². The third-order valence-corrected chi connectivity index (χ3v) is 3.03. The second-order valence-electron chi connectivity index (χ2n) is 4.91. The SMILES string of the molecule is CC(O)C(C)(C)NC(=O)C1(C)CC1. The van der Waals surface area contributed by atoms with Gasteiger partial charge in [0.25, 0.3) is 0 Å². The molecule has 0 radical (unpaired) electrons. The number of carbonyl (C=O) groups excluding carboxylic acids is 1.